The second-order valence-corrected chi connectivity index (χ2v) is 9.36. The molecule has 2 amide bonds. The van der Waals surface area contributed by atoms with E-state index >= 15 is 0 Å². The van der Waals surface area contributed by atoms with Crippen LogP contribution in [0, 0.1) is 11.3 Å². The molecule has 0 saturated heterocycles. The van der Waals surface area contributed by atoms with E-state index in [1.807, 2.05) is 44.3 Å². The van der Waals surface area contributed by atoms with Crippen LogP contribution in [0.4, 0.5) is 4.79 Å². The molecule has 0 aliphatic heterocycles. The molecule has 0 bridgehead atoms. The highest BCUT2D eigenvalue weighted by molar-refractivity contribution is 7.18. The van der Waals surface area contributed by atoms with E-state index in [2.05, 4.69) is 28.5 Å². The Morgan fingerprint density at radius 2 is 2.12 bits per heavy atom. The highest BCUT2D eigenvalue weighted by Crippen LogP contribution is 2.41. The van der Waals surface area contributed by atoms with Gasteiger partial charge in [0.25, 0.3) is 0 Å². The van der Waals surface area contributed by atoms with Crippen molar-refractivity contribution >= 4 is 17.4 Å². The summed E-state index contributed by atoms with van der Waals surface area (Å²) in [7, 11) is 3.50. The SMILES string of the molecule is CC(C)Oc1ccc(-c2ncc(-c3cccc4c3CC[C@H]4NC(=O)N(C)C)s2)cc1C#N. The fraction of sp³-hybridized carbons (Fsp3) is 0.320. The molecule has 1 aromatic heterocycles. The maximum atomic E-state index is 12.1. The Hall–Kier alpha value is -3.37. The lowest BCUT2D eigenvalue weighted by atomic mass is 10.0. The summed E-state index contributed by atoms with van der Waals surface area (Å²) in [6.07, 6.45) is 3.70. The number of hydrogen-bond acceptors (Lipinski definition) is 5. The Kier molecular flexibility index (Phi) is 6.15. The van der Waals surface area contributed by atoms with Crippen LogP contribution in [0.2, 0.25) is 0 Å². The van der Waals surface area contributed by atoms with Crippen LogP contribution >= 0.6 is 11.3 Å². The first kappa shape index (κ1) is 21.8. The Balaban J connectivity index is 1.62. The van der Waals surface area contributed by atoms with Crippen molar-refractivity contribution in [1.29, 1.82) is 5.26 Å². The predicted octanol–water partition coefficient (Wildman–Crippen LogP) is 5.39. The topological polar surface area (TPSA) is 78.2 Å². The number of thiazole rings is 1. The molecule has 1 aliphatic carbocycles. The number of nitriles is 1. The summed E-state index contributed by atoms with van der Waals surface area (Å²) in [5.41, 5.74) is 5.01. The van der Waals surface area contributed by atoms with E-state index in [-0.39, 0.29) is 18.2 Å². The minimum absolute atomic E-state index is 0.00549. The number of amides is 2. The summed E-state index contributed by atoms with van der Waals surface area (Å²) in [4.78, 5) is 19.4. The molecule has 2 aromatic carbocycles. The van der Waals surface area contributed by atoms with Gasteiger partial charge in [0.05, 0.1) is 22.6 Å². The molecule has 0 spiro atoms. The Morgan fingerprint density at radius 1 is 1.31 bits per heavy atom. The monoisotopic (exact) mass is 446 g/mol. The lowest BCUT2D eigenvalue weighted by molar-refractivity contribution is 0.213. The van der Waals surface area contributed by atoms with Crippen molar-refractivity contribution < 1.29 is 9.53 Å². The minimum Gasteiger partial charge on any atom is -0.490 e. The van der Waals surface area contributed by atoms with E-state index in [1.165, 1.54) is 11.1 Å². The van der Waals surface area contributed by atoms with Gasteiger partial charge in [0.1, 0.15) is 16.8 Å². The zero-order valence-electron chi connectivity index (χ0n) is 18.7. The number of benzene rings is 2. The first-order chi connectivity index (χ1) is 15.4. The van der Waals surface area contributed by atoms with Gasteiger partial charge in [0.15, 0.2) is 0 Å². The lowest BCUT2D eigenvalue weighted by Crippen LogP contribution is -2.36. The van der Waals surface area contributed by atoms with Gasteiger partial charge in [-0.15, -0.1) is 11.3 Å². The number of carbonyl (C=O) groups excluding carboxylic acids is 1. The summed E-state index contributed by atoms with van der Waals surface area (Å²) in [5.74, 6) is 0.592. The highest BCUT2D eigenvalue weighted by atomic mass is 32.1. The van der Waals surface area contributed by atoms with E-state index in [9.17, 15) is 10.1 Å². The number of rotatable bonds is 5. The Labute approximate surface area is 192 Å². The van der Waals surface area contributed by atoms with Gasteiger partial charge in [-0.2, -0.15) is 5.26 Å². The van der Waals surface area contributed by atoms with Crippen LogP contribution in [0.15, 0.2) is 42.6 Å². The molecule has 0 unspecified atom stereocenters. The zero-order chi connectivity index (χ0) is 22.8. The Bertz CT molecular complexity index is 1190. The van der Waals surface area contributed by atoms with Crippen molar-refractivity contribution in [2.24, 2.45) is 0 Å². The third-order valence-electron chi connectivity index (χ3n) is 5.46. The molecular formula is C25H26N4O2S. The molecule has 0 saturated carbocycles. The van der Waals surface area contributed by atoms with E-state index in [1.54, 1.807) is 30.3 Å². The molecule has 32 heavy (non-hydrogen) atoms. The highest BCUT2D eigenvalue weighted by Gasteiger charge is 2.27. The van der Waals surface area contributed by atoms with Crippen LogP contribution in [0.25, 0.3) is 21.0 Å². The number of aromatic nitrogens is 1. The molecular weight excluding hydrogens is 420 g/mol. The molecule has 3 aromatic rings. The van der Waals surface area contributed by atoms with Gasteiger partial charge in [0, 0.05) is 25.9 Å². The fourth-order valence-corrected chi connectivity index (χ4v) is 4.92. The number of urea groups is 1. The largest absolute Gasteiger partial charge is 0.490 e. The first-order valence-electron chi connectivity index (χ1n) is 10.6. The summed E-state index contributed by atoms with van der Waals surface area (Å²) >= 11 is 1.61. The molecule has 6 nitrogen and oxygen atoms in total. The zero-order valence-corrected chi connectivity index (χ0v) is 19.5. The lowest BCUT2D eigenvalue weighted by Gasteiger charge is -2.18. The summed E-state index contributed by atoms with van der Waals surface area (Å²) in [6, 6.07) is 14.1. The van der Waals surface area contributed by atoms with Gasteiger partial charge in [-0.25, -0.2) is 9.78 Å². The van der Waals surface area contributed by atoms with E-state index in [0.29, 0.717) is 11.3 Å². The van der Waals surface area contributed by atoms with Crippen LogP contribution in [-0.4, -0.2) is 36.1 Å². The number of ether oxygens (including phenoxy) is 1. The number of carbonyl (C=O) groups is 1. The third-order valence-corrected chi connectivity index (χ3v) is 6.54. The van der Waals surface area contributed by atoms with Gasteiger partial charge in [-0.1, -0.05) is 18.2 Å². The van der Waals surface area contributed by atoms with Gasteiger partial charge in [-0.05, 0) is 61.6 Å². The quantitative estimate of drug-likeness (QED) is 0.570. The van der Waals surface area contributed by atoms with Crippen LogP contribution in [-0.2, 0) is 6.42 Å². The van der Waals surface area contributed by atoms with Crippen LogP contribution in [0.3, 0.4) is 0 Å². The van der Waals surface area contributed by atoms with Crippen molar-refractivity contribution in [2.75, 3.05) is 14.1 Å². The molecule has 7 heteroatoms. The van der Waals surface area contributed by atoms with Crippen LogP contribution in [0.5, 0.6) is 5.75 Å². The maximum absolute atomic E-state index is 12.1. The van der Waals surface area contributed by atoms with E-state index < -0.39 is 0 Å². The second-order valence-electron chi connectivity index (χ2n) is 8.33. The normalized spacial score (nSPS) is 14.7. The molecule has 4 rings (SSSR count). The van der Waals surface area contributed by atoms with Crippen molar-refractivity contribution in [2.45, 2.75) is 38.8 Å². The average Bonchev–Trinajstić information content (AvgIpc) is 3.41. The van der Waals surface area contributed by atoms with Gasteiger partial charge < -0.3 is 15.0 Å². The minimum atomic E-state index is -0.0773. The molecule has 0 radical (unpaired) electrons. The van der Waals surface area contributed by atoms with E-state index in [4.69, 9.17) is 4.74 Å². The summed E-state index contributed by atoms with van der Waals surface area (Å²) < 4.78 is 5.73. The van der Waals surface area contributed by atoms with Crippen molar-refractivity contribution in [1.82, 2.24) is 15.2 Å². The van der Waals surface area contributed by atoms with Gasteiger partial charge >= 0.3 is 6.03 Å². The smallest absolute Gasteiger partial charge is 0.317 e. The molecule has 164 valence electrons. The van der Waals surface area contributed by atoms with Gasteiger partial charge in [0.2, 0.25) is 0 Å². The van der Waals surface area contributed by atoms with Crippen molar-refractivity contribution in [3.63, 3.8) is 0 Å². The number of hydrogen-bond donors (Lipinski definition) is 1. The molecule has 0 fully saturated rings. The first-order valence-corrected chi connectivity index (χ1v) is 11.5. The summed E-state index contributed by atoms with van der Waals surface area (Å²) in [5, 5.41) is 13.5. The van der Waals surface area contributed by atoms with E-state index in [0.717, 1.165) is 33.9 Å². The molecule has 1 aliphatic rings. The van der Waals surface area contributed by atoms with Crippen molar-refractivity contribution in [3.8, 4) is 32.8 Å². The summed E-state index contributed by atoms with van der Waals surface area (Å²) in [6.45, 7) is 3.88. The standard InChI is InChI=1S/C25H26N4O2S/c1-15(2)31-22-11-8-16(12-17(22)13-26)24-27-14-23(32-24)20-7-5-6-19-18(20)9-10-21(19)28-25(30)29(3)4/h5-8,11-12,14-15,21H,9-10H2,1-4H3,(H,28,30)/t21-/m1/s1. The number of nitrogens with zero attached hydrogens (tertiary/aromatic N) is 3. The van der Waals surface area contributed by atoms with Crippen molar-refractivity contribution in [3.05, 3.63) is 59.3 Å². The maximum Gasteiger partial charge on any atom is 0.317 e. The second kappa shape index (κ2) is 9.01. The average molecular weight is 447 g/mol. The van der Waals surface area contributed by atoms with Crippen LogP contribution < -0.4 is 10.1 Å². The third kappa shape index (κ3) is 4.32. The number of nitrogens with one attached hydrogen (secondary N) is 1. The fourth-order valence-electron chi connectivity index (χ4n) is 3.95. The molecule has 1 atom stereocenters. The predicted molar refractivity (Wildman–Crippen MR) is 127 cm³/mol. The van der Waals surface area contributed by atoms with Crippen LogP contribution in [0.1, 0.15) is 43.0 Å². The molecule has 1 heterocycles. The number of fused-ring (bicyclic) bond motifs is 1. The van der Waals surface area contributed by atoms with Gasteiger partial charge in [-0.3, -0.25) is 0 Å². The molecule has 1 N–H and O–H groups in total. The Morgan fingerprint density at radius 3 is 2.84 bits per heavy atom.